The summed E-state index contributed by atoms with van der Waals surface area (Å²) < 4.78 is 0. The molecule has 0 spiro atoms. The van der Waals surface area contributed by atoms with Crippen molar-refractivity contribution in [1.82, 2.24) is 4.90 Å². The highest BCUT2D eigenvalue weighted by Crippen LogP contribution is 2.29. The van der Waals surface area contributed by atoms with Gasteiger partial charge in [-0.15, -0.1) is 0 Å². The Kier molecular flexibility index (Phi) is 4.31. The average molecular weight is 223 g/mol. The van der Waals surface area contributed by atoms with E-state index < -0.39 is 5.54 Å². The van der Waals surface area contributed by atoms with Crippen LogP contribution in [0, 0.1) is 11.3 Å². The van der Waals surface area contributed by atoms with Gasteiger partial charge in [0, 0.05) is 12.6 Å². The molecule has 1 aliphatic rings. The van der Waals surface area contributed by atoms with Gasteiger partial charge in [-0.1, -0.05) is 12.8 Å². The van der Waals surface area contributed by atoms with E-state index in [2.05, 4.69) is 6.07 Å². The van der Waals surface area contributed by atoms with E-state index in [-0.39, 0.29) is 11.9 Å². The number of nitriles is 1. The molecular weight excluding hydrogens is 202 g/mol. The van der Waals surface area contributed by atoms with Gasteiger partial charge >= 0.3 is 0 Å². The Hall–Kier alpha value is -1.08. The van der Waals surface area contributed by atoms with E-state index in [0.29, 0.717) is 13.0 Å². The first-order valence-corrected chi connectivity index (χ1v) is 5.98. The van der Waals surface area contributed by atoms with E-state index in [1.807, 2.05) is 13.8 Å². The van der Waals surface area contributed by atoms with Gasteiger partial charge in [-0.25, -0.2) is 0 Å². The summed E-state index contributed by atoms with van der Waals surface area (Å²) in [6.45, 7) is 4.42. The molecule has 1 saturated carbocycles. The highest BCUT2D eigenvalue weighted by Gasteiger charge is 2.40. The summed E-state index contributed by atoms with van der Waals surface area (Å²) in [5.41, 5.74) is 5.47. The predicted molar refractivity (Wildman–Crippen MR) is 62.5 cm³/mol. The number of hydrogen-bond donors (Lipinski definition) is 1. The molecular formula is C12H21N3O. The Morgan fingerprint density at radius 1 is 1.50 bits per heavy atom. The summed E-state index contributed by atoms with van der Waals surface area (Å²) in [7, 11) is 0. The van der Waals surface area contributed by atoms with Crippen molar-refractivity contribution in [3.8, 4) is 6.07 Å². The van der Waals surface area contributed by atoms with Crippen LogP contribution in [0.15, 0.2) is 0 Å². The maximum absolute atomic E-state index is 12.3. The minimum atomic E-state index is -0.667. The number of hydrogen-bond acceptors (Lipinski definition) is 3. The Balaban J connectivity index is 2.70. The van der Waals surface area contributed by atoms with Gasteiger partial charge in [-0.2, -0.15) is 5.26 Å². The van der Waals surface area contributed by atoms with Crippen LogP contribution < -0.4 is 5.73 Å². The van der Waals surface area contributed by atoms with Gasteiger partial charge in [-0.3, -0.25) is 4.79 Å². The molecule has 0 unspecified atom stereocenters. The van der Waals surface area contributed by atoms with Crippen molar-refractivity contribution >= 4 is 5.91 Å². The zero-order valence-corrected chi connectivity index (χ0v) is 10.2. The number of carbonyl (C=O) groups is 1. The molecule has 0 aromatic rings. The first-order valence-electron chi connectivity index (χ1n) is 5.98. The van der Waals surface area contributed by atoms with E-state index in [4.69, 9.17) is 11.0 Å². The third-order valence-corrected chi connectivity index (χ3v) is 3.27. The summed E-state index contributed by atoms with van der Waals surface area (Å²) in [5, 5.41) is 8.59. The van der Waals surface area contributed by atoms with Crippen LogP contribution in [0.5, 0.6) is 0 Å². The average Bonchev–Trinajstić information content (AvgIpc) is 2.66. The zero-order chi connectivity index (χ0) is 12.2. The molecule has 1 fully saturated rings. The van der Waals surface area contributed by atoms with Crippen LogP contribution in [0.1, 0.15) is 46.0 Å². The number of rotatable bonds is 4. The van der Waals surface area contributed by atoms with Crippen LogP contribution in [-0.2, 0) is 4.79 Å². The molecule has 90 valence electrons. The van der Waals surface area contributed by atoms with Gasteiger partial charge in [-0.05, 0) is 26.7 Å². The molecule has 0 radical (unpaired) electrons. The quantitative estimate of drug-likeness (QED) is 0.783. The van der Waals surface area contributed by atoms with Gasteiger partial charge in [0.25, 0.3) is 0 Å². The van der Waals surface area contributed by atoms with E-state index in [9.17, 15) is 4.79 Å². The van der Waals surface area contributed by atoms with Crippen molar-refractivity contribution in [1.29, 1.82) is 5.26 Å². The highest BCUT2D eigenvalue weighted by atomic mass is 16.2. The smallest absolute Gasteiger partial charge is 0.242 e. The third-order valence-electron chi connectivity index (χ3n) is 3.27. The monoisotopic (exact) mass is 223 g/mol. The Bertz CT molecular complexity index is 287. The van der Waals surface area contributed by atoms with Gasteiger partial charge in [0.15, 0.2) is 0 Å². The molecule has 4 heteroatoms. The van der Waals surface area contributed by atoms with Crippen molar-refractivity contribution in [2.75, 3.05) is 6.54 Å². The lowest BCUT2D eigenvalue weighted by atomic mass is 9.96. The molecule has 1 rings (SSSR count). The Morgan fingerprint density at radius 2 is 2.06 bits per heavy atom. The summed E-state index contributed by atoms with van der Waals surface area (Å²) in [5.74, 6) is 0.0234. The summed E-state index contributed by atoms with van der Waals surface area (Å²) in [4.78, 5) is 14.1. The largest absolute Gasteiger partial charge is 0.338 e. The number of amides is 1. The molecule has 1 amide bonds. The van der Waals surface area contributed by atoms with E-state index in [1.54, 1.807) is 4.90 Å². The van der Waals surface area contributed by atoms with Crippen molar-refractivity contribution in [3.63, 3.8) is 0 Å². The minimum absolute atomic E-state index is 0.0234. The highest BCUT2D eigenvalue weighted by molar-refractivity contribution is 5.86. The first-order chi connectivity index (χ1) is 7.51. The van der Waals surface area contributed by atoms with Crippen molar-refractivity contribution in [3.05, 3.63) is 0 Å². The maximum Gasteiger partial charge on any atom is 0.242 e. The van der Waals surface area contributed by atoms with E-state index in [1.165, 1.54) is 0 Å². The maximum atomic E-state index is 12.3. The van der Waals surface area contributed by atoms with Crippen LogP contribution in [0.25, 0.3) is 0 Å². The van der Waals surface area contributed by atoms with Crippen LogP contribution in [-0.4, -0.2) is 28.9 Å². The minimum Gasteiger partial charge on any atom is -0.338 e. The number of nitrogens with two attached hydrogens (primary N) is 1. The Labute approximate surface area is 97.4 Å². The Morgan fingerprint density at radius 3 is 2.50 bits per heavy atom. The van der Waals surface area contributed by atoms with Gasteiger partial charge in [0.05, 0.1) is 18.0 Å². The van der Waals surface area contributed by atoms with Crippen LogP contribution in [0.3, 0.4) is 0 Å². The summed E-state index contributed by atoms with van der Waals surface area (Å²) >= 11 is 0. The SMILES string of the molecule is CC(C)N(CCC#N)C(=O)C1(N)CCCC1. The molecule has 0 aromatic carbocycles. The second-order valence-electron chi connectivity index (χ2n) is 4.86. The molecule has 1 aliphatic carbocycles. The van der Waals surface area contributed by atoms with Crippen LogP contribution >= 0.6 is 0 Å². The van der Waals surface area contributed by atoms with Gasteiger partial charge < -0.3 is 10.6 Å². The van der Waals surface area contributed by atoms with Crippen LogP contribution in [0.4, 0.5) is 0 Å². The molecule has 0 saturated heterocycles. The molecule has 0 atom stereocenters. The molecule has 4 nitrogen and oxygen atoms in total. The van der Waals surface area contributed by atoms with Gasteiger partial charge in [0.2, 0.25) is 5.91 Å². The van der Waals surface area contributed by atoms with Crippen molar-refractivity contribution in [2.24, 2.45) is 5.73 Å². The lowest BCUT2D eigenvalue weighted by molar-refractivity contribution is -0.138. The van der Waals surface area contributed by atoms with E-state index >= 15 is 0 Å². The predicted octanol–water partition coefficient (Wildman–Crippen LogP) is 1.41. The normalized spacial score (nSPS) is 18.4. The van der Waals surface area contributed by atoms with E-state index in [0.717, 1.165) is 25.7 Å². The van der Waals surface area contributed by atoms with Crippen molar-refractivity contribution < 1.29 is 4.79 Å². The topological polar surface area (TPSA) is 70.1 Å². The third kappa shape index (κ3) is 2.73. The molecule has 2 N–H and O–H groups in total. The second-order valence-corrected chi connectivity index (χ2v) is 4.86. The lowest BCUT2D eigenvalue weighted by Crippen LogP contribution is -2.55. The molecule has 16 heavy (non-hydrogen) atoms. The fourth-order valence-electron chi connectivity index (χ4n) is 2.27. The summed E-state index contributed by atoms with van der Waals surface area (Å²) in [6.07, 6.45) is 4.00. The summed E-state index contributed by atoms with van der Waals surface area (Å²) in [6, 6.07) is 2.19. The van der Waals surface area contributed by atoms with Crippen molar-refractivity contribution in [2.45, 2.75) is 57.5 Å². The molecule has 0 aromatic heterocycles. The first kappa shape index (κ1) is 13.0. The molecule has 0 bridgehead atoms. The lowest BCUT2D eigenvalue weighted by Gasteiger charge is -2.33. The molecule has 0 heterocycles. The fraction of sp³-hybridized carbons (Fsp3) is 0.833. The van der Waals surface area contributed by atoms with Crippen LogP contribution in [0.2, 0.25) is 0 Å². The number of nitrogens with zero attached hydrogens (tertiary/aromatic N) is 2. The molecule has 0 aliphatic heterocycles. The number of carbonyl (C=O) groups excluding carboxylic acids is 1. The fourth-order valence-corrected chi connectivity index (χ4v) is 2.27. The standard InChI is InChI=1S/C12H21N3O/c1-10(2)15(9-5-8-13)11(16)12(14)6-3-4-7-12/h10H,3-7,9,14H2,1-2H3. The second kappa shape index (κ2) is 5.31. The zero-order valence-electron chi connectivity index (χ0n) is 10.2. The van der Waals surface area contributed by atoms with Gasteiger partial charge in [0.1, 0.15) is 0 Å².